The quantitative estimate of drug-likeness (QED) is 0.658. The molecule has 0 radical (unpaired) electrons. The van der Waals surface area contributed by atoms with E-state index in [0.717, 1.165) is 5.71 Å². The van der Waals surface area contributed by atoms with Crippen LogP contribution < -0.4 is 5.48 Å². The van der Waals surface area contributed by atoms with Crippen LogP contribution in [-0.2, 0) is 14.4 Å². The standard InChI is InChI=1S/C9H14N2O3/c1-3-7(4-6(2)12)10-8-5-14-11-9(8)13/h8H,3-5H2,1-2H3,(H,11,13). The third-order valence-corrected chi connectivity index (χ3v) is 1.92. The molecule has 1 fully saturated rings. The van der Waals surface area contributed by atoms with E-state index >= 15 is 0 Å². The molecule has 1 aliphatic heterocycles. The normalized spacial score (nSPS) is 22.3. The van der Waals surface area contributed by atoms with Gasteiger partial charge in [0.1, 0.15) is 12.4 Å². The summed E-state index contributed by atoms with van der Waals surface area (Å²) in [6.07, 6.45) is 1.00. The van der Waals surface area contributed by atoms with Gasteiger partial charge in [0.05, 0.1) is 0 Å². The molecule has 5 nitrogen and oxygen atoms in total. The summed E-state index contributed by atoms with van der Waals surface area (Å²) in [7, 11) is 0. The summed E-state index contributed by atoms with van der Waals surface area (Å²) < 4.78 is 0. The van der Waals surface area contributed by atoms with Crippen molar-refractivity contribution in [1.82, 2.24) is 5.48 Å². The highest BCUT2D eigenvalue weighted by Crippen LogP contribution is 2.04. The average molecular weight is 198 g/mol. The van der Waals surface area contributed by atoms with Crippen LogP contribution in [0.15, 0.2) is 4.99 Å². The van der Waals surface area contributed by atoms with Crippen LogP contribution in [0.25, 0.3) is 0 Å². The summed E-state index contributed by atoms with van der Waals surface area (Å²) in [6.45, 7) is 3.67. The molecule has 0 aromatic rings. The molecule has 1 saturated heterocycles. The lowest BCUT2D eigenvalue weighted by atomic mass is 10.1. The zero-order valence-electron chi connectivity index (χ0n) is 8.37. The van der Waals surface area contributed by atoms with Gasteiger partial charge in [0.15, 0.2) is 6.04 Å². The summed E-state index contributed by atoms with van der Waals surface area (Å²) in [5.74, 6) is -0.176. The maximum Gasteiger partial charge on any atom is 0.270 e. The van der Waals surface area contributed by atoms with Gasteiger partial charge in [0.2, 0.25) is 0 Å². The molecular formula is C9H14N2O3. The molecule has 0 aromatic heterocycles. The van der Waals surface area contributed by atoms with E-state index in [2.05, 4.69) is 10.5 Å². The number of hydroxylamine groups is 1. The molecule has 1 N–H and O–H groups in total. The number of carbonyl (C=O) groups is 2. The summed E-state index contributed by atoms with van der Waals surface area (Å²) in [4.78, 5) is 30.8. The molecular weight excluding hydrogens is 184 g/mol. The topological polar surface area (TPSA) is 67.8 Å². The predicted octanol–water partition coefficient (Wildman–Crippen LogP) is 0.246. The van der Waals surface area contributed by atoms with Crippen LogP contribution in [0, 0.1) is 0 Å². The van der Waals surface area contributed by atoms with Gasteiger partial charge in [-0.1, -0.05) is 6.92 Å². The number of nitrogens with one attached hydrogen (secondary N) is 1. The number of nitrogens with zero attached hydrogens (tertiary/aromatic N) is 1. The van der Waals surface area contributed by atoms with Crippen molar-refractivity contribution in [2.24, 2.45) is 4.99 Å². The Kier molecular flexibility index (Phi) is 3.76. The van der Waals surface area contributed by atoms with Crippen LogP contribution in [0.4, 0.5) is 0 Å². The Morgan fingerprint density at radius 2 is 2.43 bits per heavy atom. The molecule has 1 aliphatic rings. The number of ketones is 1. The lowest BCUT2D eigenvalue weighted by Crippen LogP contribution is -2.23. The molecule has 1 unspecified atom stereocenters. The van der Waals surface area contributed by atoms with Crippen LogP contribution in [0.2, 0.25) is 0 Å². The number of rotatable bonds is 4. The van der Waals surface area contributed by atoms with Crippen LogP contribution in [0.5, 0.6) is 0 Å². The molecule has 1 heterocycles. The molecule has 0 bridgehead atoms. The number of hydrogen-bond acceptors (Lipinski definition) is 4. The van der Waals surface area contributed by atoms with E-state index < -0.39 is 6.04 Å². The van der Waals surface area contributed by atoms with Crippen LogP contribution >= 0.6 is 0 Å². The summed E-state index contributed by atoms with van der Waals surface area (Å²) in [5, 5.41) is 0. The Balaban J connectivity index is 2.62. The van der Waals surface area contributed by atoms with Crippen molar-refractivity contribution in [3.63, 3.8) is 0 Å². The van der Waals surface area contributed by atoms with E-state index in [1.54, 1.807) is 0 Å². The molecule has 1 rings (SSSR count). The lowest BCUT2D eigenvalue weighted by Gasteiger charge is -2.03. The number of Topliss-reactive ketones (excluding diaryl/α,β-unsaturated/α-hetero) is 1. The zero-order chi connectivity index (χ0) is 10.6. The SMILES string of the molecule is CCC(CC(C)=O)=NC1CONC1=O. The molecule has 1 amide bonds. The van der Waals surface area contributed by atoms with Crippen molar-refractivity contribution in [1.29, 1.82) is 0 Å². The monoisotopic (exact) mass is 198 g/mol. The van der Waals surface area contributed by atoms with E-state index in [0.29, 0.717) is 12.8 Å². The largest absolute Gasteiger partial charge is 0.300 e. The van der Waals surface area contributed by atoms with Gasteiger partial charge in [0.25, 0.3) is 5.91 Å². The van der Waals surface area contributed by atoms with Gasteiger partial charge in [-0.25, -0.2) is 5.48 Å². The molecule has 5 heteroatoms. The minimum Gasteiger partial charge on any atom is -0.300 e. The van der Waals surface area contributed by atoms with Crippen LogP contribution in [0.3, 0.4) is 0 Å². The first-order valence-electron chi connectivity index (χ1n) is 4.60. The third kappa shape index (κ3) is 2.92. The Labute approximate surface area is 82.5 Å². The first-order chi connectivity index (χ1) is 6.63. The fourth-order valence-corrected chi connectivity index (χ4v) is 1.20. The molecule has 0 spiro atoms. The minimum absolute atomic E-state index is 0.0601. The van der Waals surface area contributed by atoms with Gasteiger partial charge in [-0.3, -0.25) is 19.4 Å². The van der Waals surface area contributed by atoms with Crippen molar-refractivity contribution >= 4 is 17.4 Å². The highest BCUT2D eigenvalue weighted by atomic mass is 16.7. The second kappa shape index (κ2) is 4.85. The van der Waals surface area contributed by atoms with Crippen molar-refractivity contribution in [2.45, 2.75) is 32.7 Å². The fraction of sp³-hybridized carbons (Fsp3) is 0.667. The number of aliphatic imine (C=N–C) groups is 1. The Bertz CT molecular complexity index is 273. The maximum atomic E-state index is 11.1. The highest BCUT2D eigenvalue weighted by molar-refractivity contribution is 6.02. The molecule has 0 saturated carbocycles. The third-order valence-electron chi connectivity index (χ3n) is 1.92. The number of hydrogen-bond donors (Lipinski definition) is 1. The lowest BCUT2D eigenvalue weighted by molar-refractivity contribution is -0.124. The van der Waals surface area contributed by atoms with Gasteiger partial charge in [-0.2, -0.15) is 0 Å². The van der Waals surface area contributed by atoms with Gasteiger partial charge >= 0.3 is 0 Å². The van der Waals surface area contributed by atoms with Crippen molar-refractivity contribution in [3.8, 4) is 0 Å². The van der Waals surface area contributed by atoms with Gasteiger partial charge in [0, 0.05) is 12.1 Å². The van der Waals surface area contributed by atoms with E-state index in [1.165, 1.54) is 6.92 Å². The van der Waals surface area contributed by atoms with Crippen LogP contribution in [-0.4, -0.2) is 30.1 Å². The highest BCUT2D eigenvalue weighted by Gasteiger charge is 2.24. The molecule has 0 aromatic carbocycles. The number of carbonyl (C=O) groups excluding carboxylic acids is 2. The van der Waals surface area contributed by atoms with Crippen molar-refractivity contribution < 1.29 is 14.4 Å². The Morgan fingerprint density at radius 1 is 1.71 bits per heavy atom. The number of amides is 1. The second-order valence-electron chi connectivity index (χ2n) is 3.22. The first kappa shape index (κ1) is 10.8. The van der Waals surface area contributed by atoms with Gasteiger partial charge < -0.3 is 0 Å². The fourth-order valence-electron chi connectivity index (χ4n) is 1.20. The van der Waals surface area contributed by atoms with E-state index in [9.17, 15) is 9.59 Å². The van der Waals surface area contributed by atoms with E-state index in [4.69, 9.17) is 4.84 Å². The smallest absolute Gasteiger partial charge is 0.270 e. The summed E-state index contributed by atoms with van der Waals surface area (Å²) in [6, 6.07) is -0.482. The molecule has 0 aliphatic carbocycles. The predicted molar refractivity (Wildman–Crippen MR) is 50.9 cm³/mol. The zero-order valence-corrected chi connectivity index (χ0v) is 8.37. The maximum absolute atomic E-state index is 11.1. The summed E-state index contributed by atoms with van der Waals surface area (Å²) >= 11 is 0. The summed E-state index contributed by atoms with van der Waals surface area (Å²) in [5.41, 5.74) is 2.97. The van der Waals surface area contributed by atoms with Crippen molar-refractivity contribution in [2.75, 3.05) is 6.61 Å². The molecule has 1 atom stereocenters. The minimum atomic E-state index is -0.482. The Hall–Kier alpha value is -1.23. The molecule has 14 heavy (non-hydrogen) atoms. The van der Waals surface area contributed by atoms with Crippen molar-refractivity contribution in [3.05, 3.63) is 0 Å². The van der Waals surface area contributed by atoms with E-state index in [1.807, 2.05) is 6.92 Å². The Morgan fingerprint density at radius 3 is 2.86 bits per heavy atom. The average Bonchev–Trinajstić information content (AvgIpc) is 2.50. The second-order valence-corrected chi connectivity index (χ2v) is 3.22. The first-order valence-corrected chi connectivity index (χ1v) is 4.60. The van der Waals surface area contributed by atoms with E-state index in [-0.39, 0.29) is 18.3 Å². The van der Waals surface area contributed by atoms with Crippen LogP contribution in [0.1, 0.15) is 26.7 Å². The van der Waals surface area contributed by atoms with Gasteiger partial charge in [-0.15, -0.1) is 0 Å². The molecule has 78 valence electrons. The van der Waals surface area contributed by atoms with Gasteiger partial charge in [-0.05, 0) is 13.3 Å².